The van der Waals surface area contributed by atoms with Crippen LogP contribution in [0.25, 0.3) is 11.4 Å². The molecule has 1 N–H and O–H groups in total. The highest BCUT2D eigenvalue weighted by Crippen LogP contribution is 2.27. The first-order valence-electron chi connectivity index (χ1n) is 9.22. The molecule has 0 spiro atoms. The maximum absolute atomic E-state index is 6.07. The molecule has 134 valence electrons. The lowest BCUT2D eigenvalue weighted by atomic mass is 9.96. The number of nitrogens with one attached hydrogen (secondary N) is 1. The van der Waals surface area contributed by atoms with Crippen LogP contribution in [0.15, 0.2) is 54.6 Å². The molecule has 26 heavy (non-hydrogen) atoms. The summed E-state index contributed by atoms with van der Waals surface area (Å²) in [4.78, 5) is 7.27. The fraction of sp³-hybridized carbons (Fsp3) is 0.333. The predicted octanol–water partition coefficient (Wildman–Crippen LogP) is 4.55. The number of nitrogens with zero attached hydrogens (tertiary/aromatic N) is 3. The third kappa shape index (κ3) is 4.14. The van der Waals surface area contributed by atoms with Crippen LogP contribution in [0.1, 0.15) is 30.1 Å². The maximum atomic E-state index is 6.07. The number of likely N-dealkylation sites (tertiary alicyclic amines) is 1. The smallest absolute Gasteiger partial charge is 0.181 e. The van der Waals surface area contributed by atoms with Gasteiger partial charge in [-0.05, 0) is 50.0 Å². The van der Waals surface area contributed by atoms with E-state index in [0.29, 0.717) is 10.9 Å². The highest BCUT2D eigenvalue weighted by molar-refractivity contribution is 6.30. The molecule has 4 rings (SSSR count). The topological polar surface area (TPSA) is 44.8 Å². The fourth-order valence-corrected chi connectivity index (χ4v) is 3.77. The molecule has 1 aromatic heterocycles. The highest BCUT2D eigenvalue weighted by Gasteiger charge is 2.23. The van der Waals surface area contributed by atoms with Crippen LogP contribution in [-0.2, 0) is 6.42 Å². The molecule has 4 nitrogen and oxygen atoms in total. The Kier molecular flexibility index (Phi) is 5.32. The van der Waals surface area contributed by atoms with Crippen molar-refractivity contribution in [2.24, 2.45) is 0 Å². The first-order chi connectivity index (χ1) is 12.8. The molecule has 3 aromatic rings. The van der Waals surface area contributed by atoms with Gasteiger partial charge in [0, 0.05) is 23.0 Å². The molecule has 1 aliphatic heterocycles. The maximum Gasteiger partial charge on any atom is 0.181 e. The molecule has 1 fully saturated rings. The van der Waals surface area contributed by atoms with Crippen molar-refractivity contribution in [1.82, 2.24) is 20.1 Å². The first kappa shape index (κ1) is 17.3. The zero-order chi connectivity index (χ0) is 17.8. The van der Waals surface area contributed by atoms with Crippen molar-refractivity contribution in [2.75, 3.05) is 19.6 Å². The van der Waals surface area contributed by atoms with Crippen LogP contribution in [0.2, 0.25) is 5.02 Å². The van der Waals surface area contributed by atoms with E-state index < -0.39 is 0 Å². The van der Waals surface area contributed by atoms with Crippen LogP contribution in [0.3, 0.4) is 0 Å². The number of rotatable bonds is 5. The van der Waals surface area contributed by atoms with Gasteiger partial charge in [-0.25, -0.2) is 4.98 Å². The van der Waals surface area contributed by atoms with E-state index in [2.05, 4.69) is 45.4 Å². The van der Waals surface area contributed by atoms with E-state index in [1.165, 1.54) is 5.56 Å². The van der Waals surface area contributed by atoms with Gasteiger partial charge in [0.05, 0.1) is 0 Å². The number of H-pyrrole nitrogens is 1. The van der Waals surface area contributed by atoms with E-state index in [-0.39, 0.29) is 0 Å². The van der Waals surface area contributed by atoms with E-state index in [1.807, 2.05) is 24.3 Å². The average molecular weight is 367 g/mol. The van der Waals surface area contributed by atoms with Crippen molar-refractivity contribution in [1.29, 1.82) is 0 Å². The van der Waals surface area contributed by atoms with Crippen LogP contribution in [0, 0.1) is 0 Å². The van der Waals surface area contributed by atoms with Gasteiger partial charge in [-0.3, -0.25) is 5.10 Å². The number of aromatic nitrogens is 3. The minimum absolute atomic E-state index is 0.461. The third-order valence-electron chi connectivity index (χ3n) is 5.12. The fourth-order valence-electron chi connectivity index (χ4n) is 3.58. The molecule has 0 unspecified atom stereocenters. The molecule has 0 aliphatic carbocycles. The van der Waals surface area contributed by atoms with Crippen molar-refractivity contribution in [3.8, 4) is 11.4 Å². The molecule has 2 aromatic carbocycles. The van der Waals surface area contributed by atoms with Gasteiger partial charge in [0.15, 0.2) is 5.82 Å². The zero-order valence-electron chi connectivity index (χ0n) is 14.7. The zero-order valence-corrected chi connectivity index (χ0v) is 15.5. The van der Waals surface area contributed by atoms with E-state index in [9.17, 15) is 0 Å². The Bertz CT molecular complexity index is 838. The first-order valence-corrected chi connectivity index (χ1v) is 9.60. The van der Waals surface area contributed by atoms with Crippen molar-refractivity contribution in [3.05, 3.63) is 71.0 Å². The summed E-state index contributed by atoms with van der Waals surface area (Å²) in [6.45, 7) is 3.36. The van der Waals surface area contributed by atoms with E-state index >= 15 is 0 Å². The number of hydrogen-bond acceptors (Lipinski definition) is 3. The Labute approximate surface area is 159 Å². The minimum Gasteiger partial charge on any atom is -0.303 e. The normalized spacial score (nSPS) is 16.0. The molecule has 1 saturated heterocycles. The van der Waals surface area contributed by atoms with Gasteiger partial charge in [0.1, 0.15) is 5.82 Å². The summed E-state index contributed by atoms with van der Waals surface area (Å²) in [5.74, 6) is 2.19. The van der Waals surface area contributed by atoms with Crippen LogP contribution in [0.5, 0.6) is 0 Å². The van der Waals surface area contributed by atoms with Crippen LogP contribution < -0.4 is 0 Å². The summed E-state index contributed by atoms with van der Waals surface area (Å²) < 4.78 is 0. The summed E-state index contributed by atoms with van der Waals surface area (Å²) in [6.07, 6.45) is 3.37. The van der Waals surface area contributed by atoms with Crippen molar-refractivity contribution in [3.63, 3.8) is 0 Å². The summed E-state index contributed by atoms with van der Waals surface area (Å²) in [5.41, 5.74) is 2.37. The van der Waals surface area contributed by atoms with Crippen LogP contribution in [-0.4, -0.2) is 39.7 Å². The lowest BCUT2D eigenvalue weighted by molar-refractivity contribution is 0.211. The largest absolute Gasteiger partial charge is 0.303 e. The average Bonchev–Trinajstić information content (AvgIpc) is 3.18. The second kappa shape index (κ2) is 8.02. The standard InChI is InChI=1S/C21H23ClN4/c22-19-8-4-7-18(15-19)21-23-20(24-25-21)17-10-13-26(14-11-17)12-9-16-5-2-1-3-6-16/h1-8,15,17H,9-14H2,(H,23,24,25). The van der Waals surface area contributed by atoms with Crippen molar-refractivity contribution < 1.29 is 0 Å². The second-order valence-electron chi connectivity index (χ2n) is 6.91. The predicted molar refractivity (Wildman–Crippen MR) is 105 cm³/mol. The molecule has 2 heterocycles. The highest BCUT2D eigenvalue weighted by atomic mass is 35.5. The molecule has 0 atom stereocenters. The third-order valence-corrected chi connectivity index (χ3v) is 5.35. The lowest BCUT2D eigenvalue weighted by Crippen LogP contribution is -2.34. The molecule has 1 aliphatic rings. The molecule has 0 amide bonds. The van der Waals surface area contributed by atoms with Gasteiger partial charge >= 0.3 is 0 Å². The molecule has 0 saturated carbocycles. The van der Waals surface area contributed by atoms with E-state index in [1.54, 1.807) is 0 Å². The van der Waals surface area contributed by atoms with Gasteiger partial charge < -0.3 is 4.90 Å². The Morgan fingerprint density at radius 2 is 1.85 bits per heavy atom. The molecule has 0 radical (unpaired) electrons. The molecular formula is C21H23ClN4. The van der Waals surface area contributed by atoms with Gasteiger partial charge in [0.2, 0.25) is 0 Å². The Morgan fingerprint density at radius 1 is 1.04 bits per heavy atom. The summed E-state index contributed by atoms with van der Waals surface area (Å²) in [6, 6.07) is 18.4. The summed E-state index contributed by atoms with van der Waals surface area (Å²) >= 11 is 6.07. The monoisotopic (exact) mass is 366 g/mol. The number of hydrogen-bond donors (Lipinski definition) is 1. The quantitative estimate of drug-likeness (QED) is 0.720. The SMILES string of the molecule is Clc1cccc(-c2n[nH]c(C3CCN(CCc4ccccc4)CC3)n2)c1. The summed E-state index contributed by atoms with van der Waals surface area (Å²) in [7, 11) is 0. The number of aromatic amines is 1. The summed E-state index contributed by atoms with van der Waals surface area (Å²) in [5, 5.41) is 8.24. The Hall–Kier alpha value is -2.17. The van der Waals surface area contributed by atoms with Crippen molar-refractivity contribution in [2.45, 2.75) is 25.2 Å². The molecule has 5 heteroatoms. The number of piperidine rings is 1. The second-order valence-corrected chi connectivity index (χ2v) is 7.34. The van der Waals surface area contributed by atoms with Crippen molar-refractivity contribution >= 4 is 11.6 Å². The number of halogens is 1. The van der Waals surface area contributed by atoms with Gasteiger partial charge in [-0.1, -0.05) is 54.1 Å². The van der Waals surface area contributed by atoms with Crippen LogP contribution >= 0.6 is 11.6 Å². The van der Waals surface area contributed by atoms with Crippen LogP contribution in [0.4, 0.5) is 0 Å². The van der Waals surface area contributed by atoms with Gasteiger partial charge in [0.25, 0.3) is 0 Å². The Morgan fingerprint density at radius 3 is 2.62 bits per heavy atom. The molecule has 0 bridgehead atoms. The number of benzene rings is 2. The molecular weight excluding hydrogens is 344 g/mol. The Balaban J connectivity index is 1.32. The van der Waals surface area contributed by atoms with E-state index in [4.69, 9.17) is 16.6 Å². The van der Waals surface area contributed by atoms with Gasteiger partial charge in [-0.15, -0.1) is 0 Å². The minimum atomic E-state index is 0.461. The van der Waals surface area contributed by atoms with Gasteiger partial charge in [-0.2, -0.15) is 5.10 Å². The lowest BCUT2D eigenvalue weighted by Gasteiger charge is -2.30. The van der Waals surface area contributed by atoms with E-state index in [0.717, 1.165) is 56.1 Å².